The number of nitrogens with one attached hydrogen (secondary N) is 1. The maximum Gasteiger partial charge on any atom is 0.253 e. The van der Waals surface area contributed by atoms with Crippen molar-refractivity contribution in [1.29, 1.82) is 0 Å². The molecule has 0 bridgehead atoms. The number of amides is 1. The number of rotatable bonds is 7. The Balaban J connectivity index is 2.03. The lowest BCUT2D eigenvalue weighted by Crippen LogP contribution is -2.41. The van der Waals surface area contributed by atoms with E-state index in [9.17, 15) is 13.2 Å². The molecule has 22 heavy (non-hydrogen) atoms. The number of sulfonamides is 1. The number of unbranched alkanes of at least 4 members (excludes halogenated alkanes) is 2. The molecule has 0 radical (unpaired) electrons. The summed E-state index contributed by atoms with van der Waals surface area (Å²) in [6.45, 7) is 3.56. The summed E-state index contributed by atoms with van der Waals surface area (Å²) in [7, 11) is -3.48. The second-order valence-electron chi connectivity index (χ2n) is 5.20. The molecule has 1 aliphatic heterocycles. The van der Waals surface area contributed by atoms with Gasteiger partial charge in [-0.25, -0.2) is 13.1 Å². The Kier molecular flexibility index (Phi) is 5.93. The molecule has 0 spiro atoms. The lowest BCUT2D eigenvalue weighted by atomic mass is 10.2. The van der Waals surface area contributed by atoms with Crippen LogP contribution in [0.1, 0.15) is 26.2 Å². The first-order chi connectivity index (χ1) is 10.5. The number of hydrogen-bond donors (Lipinski definition) is 1. The van der Waals surface area contributed by atoms with Gasteiger partial charge in [0.25, 0.3) is 5.91 Å². The topological polar surface area (TPSA) is 75.7 Å². The van der Waals surface area contributed by atoms with Crippen LogP contribution in [-0.2, 0) is 19.6 Å². The van der Waals surface area contributed by atoms with E-state index >= 15 is 0 Å². The predicted molar refractivity (Wildman–Crippen MR) is 84.3 cm³/mol. The minimum absolute atomic E-state index is 0.0685. The Labute approximate surface area is 131 Å². The van der Waals surface area contributed by atoms with Crippen LogP contribution in [0.4, 0.5) is 5.69 Å². The van der Waals surface area contributed by atoms with E-state index in [1.54, 1.807) is 17.0 Å². The smallest absolute Gasteiger partial charge is 0.253 e. The van der Waals surface area contributed by atoms with Crippen LogP contribution in [0.15, 0.2) is 29.2 Å². The van der Waals surface area contributed by atoms with Crippen LogP contribution in [-0.4, -0.2) is 40.6 Å². The molecule has 6 nitrogen and oxygen atoms in total. The fraction of sp³-hybridized carbons (Fsp3) is 0.533. The second-order valence-corrected chi connectivity index (χ2v) is 6.96. The van der Waals surface area contributed by atoms with Crippen LogP contribution in [0.25, 0.3) is 0 Å². The molecule has 0 atom stereocenters. The Hall–Kier alpha value is -1.44. The number of morpholine rings is 1. The Morgan fingerprint density at radius 2 is 1.95 bits per heavy atom. The highest BCUT2D eigenvalue weighted by Gasteiger charge is 2.21. The van der Waals surface area contributed by atoms with Crippen molar-refractivity contribution in [2.45, 2.75) is 31.1 Å². The van der Waals surface area contributed by atoms with Crippen LogP contribution in [0.3, 0.4) is 0 Å². The summed E-state index contributed by atoms with van der Waals surface area (Å²) in [6.07, 6.45) is 2.88. The standard InChI is InChI=1S/C15H22N2O4S/c1-2-3-4-9-16-22(19,20)14-7-5-13(6-8-14)17-10-11-21-12-15(17)18/h5-8,16H,2-4,9-12H2,1H3. The normalized spacial score (nSPS) is 16.0. The molecule has 2 rings (SSSR count). The van der Waals surface area contributed by atoms with Gasteiger partial charge in [-0.3, -0.25) is 4.79 Å². The average molecular weight is 326 g/mol. The second kappa shape index (κ2) is 7.71. The maximum absolute atomic E-state index is 12.1. The van der Waals surface area contributed by atoms with Gasteiger partial charge in [0, 0.05) is 18.8 Å². The van der Waals surface area contributed by atoms with Gasteiger partial charge in [0.1, 0.15) is 6.61 Å². The van der Waals surface area contributed by atoms with Gasteiger partial charge in [0.15, 0.2) is 0 Å². The van der Waals surface area contributed by atoms with E-state index in [1.807, 2.05) is 0 Å². The first-order valence-corrected chi connectivity index (χ1v) is 9.01. The highest BCUT2D eigenvalue weighted by molar-refractivity contribution is 7.89. The molecule has 0 aliphatic carbocycles. The molecule has 1 fully saturated rings. The van der Waals surface area contributed by atoms with Crippen molar-refractivity contribution in [2.75, 3.05) is 31.2 Å². The largest absolute Gasteiger partial charge is 0.370 e. The predicted octanol–water partition coefficient (Wildman–Crippen LogP) is 1.52. The van der Waals surface area contributed by atoms with E-state index in [-0.39, 0.29) is 17.4 Å². The number of nitrogens with zero attached hydrogens (tertiary/aromatic N) is 1. The van der Waals surface area contributed by atoms with Gasteiger partial charge in [-0.1, -0.05) is 19.8 Å². The minimum Gasteiger partial charge on any atom is -0.370 e. The number of carbonyl (C=O) groups excluding carboxylic acids is 1. The van der Waals surface area contributed by atoms with E-state index < -0.39 is 10.0 Å². The summed E-state index contributed by atoms with van der Waals surface area (Å²) in [5.74, 6) is -0.112. The van der Waals surface area contributed by atoms with Crippen LogP contribution >= 0.6 is 0 Å². The van der Waals surface area contributed by atoms with Crippen molar-refractivity contribution in [1.82, 2.24) is 4.72 Å². The van der Waals surface area contributed by atoms with Crippen molar-refractivity contribution in [3.05, 3.63) is 24.3 Å². The van der Waals surface area contributed by atoms with Crippen molar-refractivity contribution >= 4 is 21.6 Å². The van der Waals surface area contributed by atoms with Crippen LogP contribution in [0, 0.1) is 0 Å². The van der Waals surface area contributed by atoms with Crippen molar-refractivity contribution in [3.8, 4) is 0 Å². The lowest BCUT2D eigenvalue weighted by Gasteiger charge is -2.26. The Bertz CT molecular complexity index is 598. The van der Waals surface area contributed by atoms with E-state index in [4.69, 9.17) is 4.74 Å². The third kappa shape index (κ3) is 4.28. The summed E-state index contributed by atoms with van der Waals surface area (Å²) in [5, 5.41) is 0. The molecule has 0 aromatic heterocycles. The Morgan fingerprint density at radius 3 is 2.59 bits per heavy atom. The monoisotopic (exact) mass is 326 g/mol. The molecule has 1 aromatic rings. The first kappa shape index (κ1) is 16.9. The Morgan fingerprint density at radius 1 is 1.23 bits per heavy atom. The molecule has 0 unspecified atom stereocenters. The first-order valence-electron chi connectivity index (χ1n) is 7.52. The van der Waals surface area contributed by atoms with Gasteiger partial charge >= 0.3 is 0 Å². The van der Waals surface area contributed by atoms with Gasteiger partial charge in [-0.05, 0) is 30.7 Å². The van der Waals surface area contributed by atoms with Crippen LogP contribution in [0.2, 0.25) is 0 Å². The van der Waals surface area contributed by atoms with Crippen LogP contribution < -0.4 is 9.62 Å². The molecular formula is C15H22N2O4S. The zero-order chi connectivity index (χ0) is 16.0. The molecule has 1 N–H and O–H groups in total. The third-order valence-electron chi connectivity index (χ3n) is 3.52. The summed E-state index contributed by atoms with van der Waals surface area (Å²) in [6, 6.07) is 6.37. The van der Waals surface area contributed by atoms with Crippen molar-refractivity contribution in [2.24, 2.45) is 0 Å². The molecule has 1 heterocycles. The average Bonchev–Trinajstić information content (AvgIpc) is 2.52. The third-order valence-corrected chi connectivity index (χ3v) is 4.99. The number of benzene rings is 1. The highest BCUT2D eigenvalue weighted by Crippen LogP contribution is 2.19. The molecule has 1 aromatic carbocycles. The molecule has 0 saturated carbocycles. The zero-order valence-corrected chi connectivity index (χ0v) is 13.6. The van der Waals surface area contributed by atoms with E-state index in [0.717, 1.165) is 19.3 Å². The van der Waals surface area contributed by atoms with Gasteiger partial charge in [-0.15, -0.1) is 0 Å². The molecule has 122 valence electrons. The van der Waals surface area contributed by atoms with Crippen molar-refractivity contribution in [3.63, 3.8) is 0 Å². The van der Waals surface area contributed by atoms with Gasteiger partial charge in [0.05, 0.1) is 11.5 Å². The summed E-state index contributed by atoms with van der Waals surface area (Å²) >= 11 is 0. The van der Waals surface area contributed by atoms with E-state index in [1.165, 1.54) is 12.1 Å². The quantitative estimate of drug-likeness (QED) is 0.771. The molecule has 7 heteroatoms. The molecule has 1 amide bonds. The van der Waals surface area contributed by atoms with Crippen molar-refractivity contribution < 1.29 is 17.9 Å². The fourth-order valence-corrected chi connectivity index (χ4v) is 3.34. The highest BCUT2D eigenvalue weighted by atomic mass is 32.2. The minimum atomic E-state index is -3.48. The van der Waals surface area contributed by atoms with Gasteiger partial charge in [-0.2, -0.15) is 0 Å². The summed E-state index contributed by atoms with van der Waals surface area (Å²) in [4.78, 5) is 13.6. The van der Waals surface area contributed by atoms with Gasteiger partial charge in [0.2, 0.25) is 10.0 Å². The number of ether oxygens (including phenoxy) is 1. The number of carbonyl (C=O) groups is 1. The van der Waals surface area contributed by atoms with Crippen LogP contribution in [0.5, 0.6) is 0 Å². The molecular weight excluding hydrogens is 304 g/mol. The van der Waals surface area contributed by atoms with Gasteiger partial charge < -0.3 is 9.64 Å². The SMILES string of the molecule is CCCCCNS(=O)(=O)c1ccc(N2CCOCC2=O)cc1. The number of anilines is 1. The summed E-state index contributed by atoms with van der Waals surface area (Å²) < 4.78 is 31.9. The van der Waals surface area contributed by atoms with E-state index in [0.29, 0.717) is 25.4 Å². The summed E-state index contributed by atoms with van der Waals surface area (Å²) in [5.41, 5.74) is 0.693. The maximum atomic E-state index is 12.1. The molecule has 1 saturated heterocycles. The fourth-order valence-electron chi connectivity index (χ4n) is 2.26. The lowest BCUT2D eigenvalue weighted by molar-refractivity contribution is -0.125. The number of hydrogen-bond acceptors (Lipinski definition) is 4. The van der Waals surface area contributed by atoms with E-state index in [2.05, 4.69) is 11.6 Å². The molecule has 1 aliphatic rings. The zero-order valence-electron chi connectivity index (χ0n) is 12.7.